The summed E-state index contributed by atoms with van der Waals surface area (Å²) in [5, 5.41) is 2.59. The largest absolute Gasteiger partial charge is 0.467 e. The maximum atomic E-state index is 12.3. The van der Waals surface area contributed by atoms with Crippen molar-refractivity contribution in [2.75, 3.05) is 13.7 Å². The van der Waals surface area contributed by atoms with Crippen LogP contribution in [0.3, 0.4) is 0 Å². The summed E-state index contributed by atoms with van der Waals surface area (Å²) in [5.41, 5.74) is 2.36. The molecule has 1 fully saturated rings. The van der Waals surface area contributed by atoms with Gasteiger partial charge in [-0.2, -0.15) is 0 Å². The summed E-state index contributed by atoms with van der Waals surface area (Å²) in [6.45, 7) is 7.18. The SMILES string of the molecule is CC[C@@H](C)[C@H](NC(=O)COC(=O)c1cc(C)n(C2CC2)c1C)C(=O)OC. The van der Waals surface area contributed by atoms with E-state index in [1.165, 1.54) is 7.11 Å². The van der Waals surface area contributed by atoms with E-state index in [4.69, 9.17) is 9.47 Å². The van der Waals surface area contributed by atoms with E-state index in [2.05, 4.69) is 9.88 Å². The van der Waals surface area contributed by atoms with Gasteiger partial charge in [0.25, 0.3) is 5.91 Å². The van der Waals surface area contributed by atoms with Crippen molar-refractivity contribution in [3.8, 4) is 0 Å². The number of rotatable bonds is 8. The van der Waals surface area contributed by atoms with Gasteiger partial charge in [-0.15, -0.1) is 0 Å². The molecule has 0 bridgehead atoms. The third kappa shape index (κ3) is 4.45. The van der Waals surface area contributed by atoms with Crippen molar-refractivity contribution in [3.05, 3.63) is 23.0 Å². The van der Waals surface area contributed by atoms with Gasteiger partial charge in [-0.1, -0.05) is 20.3 Å². The van der Waals surface area contributed by atoms with Gasteiger partial charge >= 0.3 is 11.9 Å². The molecule has 1 aromatic heterocycles. The minimum Gasteiger partial charge on any atom is -0.467 e. The number of aryl methyl sites for hydroxylation is 1. The lowest BCUT2D eigenvalue weighted by Crippen LogP contribution is -2.47. The Balaban J connectivity index is 1.95. The van der Waals surface area contributed by atoms with E-state index in [-0.39, 0.29) is 5.92 Å². The van der Waals surface area contributed by atoms with E-state index in [9.17, 15) is 14.4 Å². The molecule has 1 aliphatic rings. The van der Waals surface area contributed by atoms with Gasteiger partial charge in [-0.25, -0.2) is 9.59 Å². The third-order valence-electron chi connectivity index (χ3n) is 4.94. The quantitative estimate of drug-likeness (QED) is 0.715. The number of nitrogens with zero attached hydrogens (tertiary/aromatic N) is 1. The van der Waals surface area contributed by atoms with E-state index < -0.39 is 30.5 Å². The first-order chi connectivity index (χ1) is 12.3. The van der Waals surface area contributed by atoms with Crippen LogP contribution in [-0.4, -0.2) is 42.2 Å². The van der Waals surface area contributed by atoms with Crippen LogP contribution in [0.15, 0.2) is 6.07 Å². The Morgan fingerprint density at radius 2 is 1.96 bits per heavy atom. The second kappa shape index (κ2) is 8.38. The minimum absolute atomic E-state index is 0.0837. The van der Waals surface area contributed by atoms with Gasteiger partial charge in [0.05, 0.1) is 12.7 Å². The predicted molar refractivity (Wildman–Crippen MR) is 95.9 cm³/mol. The summed E-state index contributed by atoms with van der Waals surface area (Å²) in [7, 11) is 1.28. The molecule has 1 aliphatic carbocycles. The molecule has 0 radical (unpaired) electrons. The van der Waals surface area contributed by atoms with Gasteiger partial charge in [-0.05, 0) is 38.7 Å². The Morgan fingerprint density at radius 3 is 2.50 bits per heavy atom. The molecule has 1 amide bonds. The topological polar surface area (TPSA) is 86.6 Å². The number of amides is 1. The average Bonchev–Trinajstić information content (AvgIpc) is 3.41. The maximum absolute atomic E-state index is 12.3. The summed E-state index contributed by atoms with van der Waals surface area (Å²) < 4.78 is 12.0. The molecule has 0 saturated heterocycles. The summed E-state index contributed by atoms with van der Waals surface area (Å²) in [6.07, 6.45) is 2.95. The standard InChI is InChI=1S/C19H28N2O5/c1-6-11(2)17(19(24)25-5)20-16(22)10-26-18(23)15-9-12(3)21(13(15)4)14-7-8-14/h9,11,14,17H,6-8,10H2,1-5H3,(H,20,22)/t11-,17+/m1/s1. The zero-order valence-electron chi connectivity index (χ0n) is 16.1. The molecule has 0 aromatic carbocycles. The Kier molecular flexibility index (Phi) is 6.45. The van der Waals surface area contributed by atoms with Crippen molar-refractivity contribution in [1.29, 1.82) is 0 Å². The Bertz CT molecular complexity index is 690. The Hall–Kier alpha value is -2.31. The molecular formula is C19H28N2O5. The highest BCUT2D eigenvalue weighted by atomic mass is 16.5. The van der Waals surface area contributed by atoms with Crippen LogP contribution in [0.5, 0.6) is 0 Å². The molecular weight excluding hydrogens is 336 g/mol. The molecule has 1 heterocycles. The van der Waals surface area contributed by atoms with Crippen molar-refractivity contribution < 1.29 is 23.9 Å². The number of hydrogen-bond acceptors (Lipinski definition) is 5. The molecule has 1 N–H and O–H groups in total. The van der Waals surface area contributed by atoms with Gasteiger partial charge in [0.1, 0.15) is 6.04 Å². The molecule has 0 aliphatic heterocycles. The Labute approximate surface area is 154 Å². The van der Waals surface area contributed by atoms with Gasteiger partial charge in [0, 0.05) is 17.4 Å². The number of nitrogens with one attached hydrogen (secondary N) is 1. The number of hydrogen-bond donors (Lipinski definition) is 1. The van der Waals surface area contributed by atoms with Crippen LogP contribution in [0.1, 0.15) is 60.9 Å². The number of methoxy groups -OCH3 is 1. The van der Waals surface area contributed by atoms with E-state index in [1.54, 1.807) is 6.07 Å². The van der Waals surface area contributed by atoms with Crippen LogP contribution in [0.25, 0.3) is 0 Å². The first kappa shape index (κ1) is 20.0. The lowest BCUT2D eigenvalue weighted by molar-refractivity contribution is -0.147. The monoisotopic (exact) mass is 364 g/mol. The summed E-state index contributed by atoms with van der Waals surface area (Å²) in [5.74, 6) is -1.64. The van der Waals surface area contributed by atoms with Crippen molar-refractivity contribution in [2.45, 2.75) is 59.0 Å². The molecule has 7 nitrogen and oxygen atoms in total. The minimum atomic E-state index is -0.754. The van der Waals surface area contributed by atoms with Crippen molar-refractivity contribution in [2.24, 2.45) is 5.92 Å². The molecule has 7 heteroatoms. The smallest absolute Gasteiger partial charge is 0.340 e. The zero-order valence-corrected chi connectivity index (χ0v) is 16.1. The fourth-order valence-corrected chi connectivity index (χ4v) is 3.10. The molecule has 1 saturated carbocycles. The lowest BCUT2D eigenvalue weighted by atomic mass is 9.99. The van der Waals surface area contributed by atoms with Crippen molar-refractivity contribution in [3.63, 3.8) is 0 Å². The summed E-state index contributed by atoms with van der Waals surface area (Å²) >= 11 is 0. The second-order valence-corrected chi connectivity index (χ2v) is 6.92. The number of carbonyl (C=O) groups is 3. The van der Waals surface area contributed by atoms with Crippen molar-refractivity contribution >= 4 is 17.8 Å². The molecule has 2 atom stereocenters. The van der Waals surface area contributed by atoms with E-state index in [0.717, 1.165) is 24.2 Å². The van der Waals surface area contributed by atoms with Gasteiger partial charge in [0.2, 0.25) is 0 Å². The van der Waals surface area contributed by atoms with Gasteiger partial charge in [0.15, 0.2) is 6.61 Å². The fourth-order valence-electron chi connectivity index (χ4n) is 3.10. The highest BCUT2D eigenvalue weighted by Crippen LogP contribution is 2.38. The number of aromatic nitrogens is 1. The van der Waals surface area contributed by atoms with E-state index in [1.807, 2.05) is 27.7 Å². The highest BCUT2D eigenvalue weighted by Gasteiger charge is 2.30. The first-order valence-corrected chi connectivity index (χ1v) is 9.02. The molecule has 1 aromatic rings. The van der Waals surface area contributed by atoms with Crippen LogP contribution in [0, 0.1) is 19.8 Å². The van der Waals surface area contributed by atoms with Crippen LogP contribution in [0.4, 0.5) is 0 Å². The molecule has 26 heavy (non-hydrogen) atoms. The van der Waals surface area contributed by atoms with Crippen LogP contribution >= 0.6 is 0 Å². The van der Waals surface area contributed by atoms with Gasteiger partial charge < -0.3 is 19.4 Å². The summed E-state index contributed by atoms with van der Waals surface area (Å²) in [4.78, 5) is 36.3. The van der Waals surface area contributed by atoms with Crippen LogP contribution in [-0.2, 0) is 19.1 Å². The lowest BCUT2D eigenvalue weighted by Gasteiger charge is -2.21. The van der Waals surface area contributed by atoms with Crippen LogP contribution < -0.4 is 5.32 Å². The summed E-state index contributed by atoms with van der Waals surface area (Å²) in [6, 6.07) is 1.51. The van der Waals surface area contributed by atoms with Gasteiger partial charge in [-0.3, -0.25) is 4.79 Å². The Morgan fingerprint density at radius 1 is 1.31 bits per heavy atom. The first-order valence-electron chi connectivity index (χ1n) is 9.02. The maximum Gasteiger partial charge on any atom is 0.340 e. The molecule has 0 spiro atoms. The van der Waals surface area contributed by atoms with E-state index >= 15 is 0 Å². The number of esters is 2. The predicted octanol–water partition coefficient (Wildman–Crippen LogP) is 2.30. The number of ether oxygens (including phenoxy) is 2. The molecule has 144 valence electrons. The molecule has 0 unspecified atom stereocenters. The molecule has 2 rings (SSSR count). The fraction of sp³-hybridized carbons (Fsp3) is 0.632. The highest BCUT2D eigenvalue weighted by molar-refractivity contribution is 5.93. The normalized spacial score (nSPS) is 15.9. The average molecular weight is 364 g/mol. The number of carbonyl (C=O) groups excluding carboxylic acids is 3. The second-order valence-electron chi connectivity index (χ2n) is 6.92. The van der Waals surface area contributed by atoms with Crippen LogP contribution in [0.2, 0.25) is 0 Å². The van der Waals surface area contributed by atoms with Crippen molar-refractivity contribution in [1.82, 2.24) is 9.88 Å². The third-order valence-corrected chi connectivity index (χ3v) is 4.94. The zero-order chi connectivity index (χ0) is 19.4. The van der Waals surface area contributed by atoms with E-state index in [0.29, 0.717) is 18.0 Å².